The molecule has 0 aliphatic carbocycles. The molecule has 0 radical (unpaired) electrons. The highest BCUT2D eigenvalue weighted by atomic mass is 14.9. The second kappa shape index (κ2) is 6.38. The summed E-state index contributed by atoms with van der Waals surface area (Å²) in [5.74, 6) is 0. The lowest BCUT2D eigenvalue weighted by atomic mass is 9.98. The molecule has 1 rings (SSSR count). The van der Waals surface area contributed by atoms with Crippen molar-refractivity contribution in [2.24, 2.45) is 5.73 Å². The fraction of sp³-hybridized carbons (Fsp3) is 0.385. The Morgan fingerprint density at radius 3 is 2.60 bits per heavy atom. The molecule has 0 saturated carbocycles. The Hall–Kier alpha value is -1.12. The maximum absolute atomic E-state index is 6.09. The van der Waals surface area contributed by atoms with Gasteiger partial charge in [-0.1, -0.05) is 43.3 Å². The Kier molecular flexibility index (Phi) is 5.08. The van der Waals surface area contributed by atoms with Gasteiger partial charge in [-0.2, -0.15) is 0 Å². The van der Waals surface area contributed by atoms with Gasteiger partial charge in [0.05, 0.1) is 0 Å². The zero-order valence-electron chi connectivity index (χ0n) is 9.32. The Balaban J connectivity index is 2.76. The molecule has 1 aromatic carbocycles. The van der Waals surface area contributed by atoms with Crippen molar-refractivity contribution in [3.8, 4) is 0 Å². The van der Waals surface area contributed by atoms with Crippen LogP contribution in [0.25, 0.3) is 0 Å². The molecule has 0 saturated heterocycles. The first kappa shape index (κ1) is 12.0. The standard InChI is InChI=1S/C13H20N2/c1-3-10-15-13(12(14)4-2)11-8-6-5-7-9-11/h3,5-9,12-13,15H,1,4,10,14H2,2H3/t12-,13+/m1/s1. The Morgan fingerprint density at radius 1 is 1.40 bits per heavy atom. The van der Waals surface area contributed by atoms with Crippen LogP contribution < -0.4 is 11.1 Å². The van der Waals surface area contributed by atoms with Gasteiger partial charge in [-0.3, -0.25) is 0 Å². The quantitative estimate of drug-likeness (QED) is 0.697. The van der Waals surface area contributed by atoms with Crippen LogP contribution in [0, 0.1) is 0 Å². The number of nitrogens with one attached hydrogen (secondary N) is 1. The third-order valence-electron chi connectivity index (χ3n) is 2.54. The molecule has 0 unspecified atom stereocenters. The average molecular weight is 204 g/mol. The smallest absolute Gasteiger partial charge is 0.0476 e. The van der Waals surface area contributed by atoms with E-state index in [1.807, 2.05) is 24.3 Å². The molecule has 2 nitrogen and oxygen atoms in total. The number of rotatable bonds is 6. The largest absolute Gasteiger partial charge is 0.326 e. The van der Waals surface area contributed by atoms with E-state index in [0.717, 1.165) is 13.0 Å². The molecule has 0 spiro atoms. The number of nitrogens with two attached hydrogens (primary N) is 1. The minimum atomic E-state index is 0.146. The van der Waals surface area contributed by atoms with Crippen molar-refractivity contribution in [3.63, 3.8) is 0 Å². The normalized spacial score (nSPS) is 14.5. The molecule has 0 heterocycles. The lowest BCUT2D eigenvalue weighted by Gasteiger charge is -2.24. The first-order chi connectivity index (χ1) is 7.29. The van der Waals surface area contributed by atoms with Crippen LogP contribution in [0.4, 0.5) is 0 Å². The summed E-state index contributed by atoms with van der Waals surface area (Å²) in [5.41, 5.74) is 7.34. The van der Waals surface area contributed by atoms with Crippen LogP contribution >= 0.6 is 0 Å². The van der Waals surface area contributed by atoms with Crippen LogP contribution in [-0.4, -0.2) is 12.6 Å². The molecule has 15 heavy (non-hydrogen) atoms. The maximum atomic E-state index is 6.09. The molecule has 0 bridgehead atoms. The van der Waals surface area contributed by atoms with Gasteiger partial charge in [-0.25, -0.2) is 0 Å². The summed E-state index contributed by atoms with van der Waals surface area (Å²) in [7, 11) is 0. The molecule has 2 atom stereocenters. The SMILES string of the molecule is C=CCN[C@@H](c1ccccc1)[C@H](N)CC. The van der Waals surface area contributed by atoms with E-state index in [9.17, 15) is 0 Å². The fourth-order valence-electron chi connectivity index (χ4n) is 1.62. The van der Waals surface area contributed by atoms with E-state index < -0.39 is 0 Å². The van der Waals surface area contributed by atoms with Crippen LogP contribution in [0.5, 0.6) is 0 Å². The van der Waals surface area contributed by atoms with E-state index >= 15 is 0 Å². The zero-order valence-corrected chi connectivity index (χ0v) is 9.32. The minimum absolute atomic E-state index is 0.146. The van der Waals surface area contributed by atoms with E-state index in [0.29, 0.717) is 0 Å². The van der Waals surface area contributed by atoms with Gasteiger partial charge in [0.15, 0.2) is 0 Å². The van der Waals surface area contributed by atoms with Gasteiger partial charge in [0.25, 0.3) is 0 Å². The first-order valence-electron chi connectivity index (χ1n) is 5.44. The summed E-state index contributed by atoms with van der Waals surface area (Å²) in [5, 5.41) is 3.39. The maximum Gasteiger partial charge on any atom is 0.0476 e. The van der Waals surface area contributed by atoms with Gasteiger partial charge < -0.3 is 11.1 Å². The summed E-state index contributed by atoms with van der Waals surface area (Å²) in [6, 6.07) is 10.7. The van der Waals surface area contributed by atoms with E-state index in [4.69, 9.17) is 5.73 Å². The molecule has 82 valence electrons. The van der Waals surface area contributed by atoms with Gasteiger partial charge in [-0.05, 0) is 12.0 Å². The second-order valence-corrected chi connectivity index (χ2v) is 3.66. The molecule has 0 amide bonds. The van der Waals surface area contributed by atoms with Crippen LogP contribution in [0.3, 0.4) is 0 Å². The van der Waals surface area contributed by atoms with E-state index in [1.54, 1.807) is 0 Å². The van der Waals surface area contributed by atoms with Crippen molar-refractivity contribution in [2.45, 2.75) is 25.4 Å². The van der Waals surface area contributed by atoms with Crippen LogP contribution in [0.15, 0.2) is 43.0 Å². The van der Waals surface area contributed by atoms with E-state index in [2.05, 4.69) is 31.0 Å². The molecular weight excluding hydrogens is 184 g/mol. The second-order valence-electron chi connectivity index (χ2n) is 3.66. The summed E-state index contributed by atoms with van der Waals surface area (Å²) < 4.78 is 0. The van der Waals surface area contributed by atoms with Gasteiger partial charge in [0, 0.05) is 18.6 Å². The number of benzene rings is 1. The van der Waals surface area contributed by atoms with Gasteiger partial charge in [-0.15, -0.1) is 6.58 Å². The Bertz CT molecular complexity index is 282. The Labute approximate surface area is 92.2 Å². The van der Waals surface area contributed by atoms with Gasteiger partial charge in [0.1, 0.15) is 0 Å². The van der Waals surface area contributed by atoms with E-state index in [-0.39, 0.29) is 12.1 Å². The van der Waals surface area contributed by atoms with Crippen molar-refractivity contribution in [1.29, 1.82) is 0 Å². The van der Waals surface area contributed by atoms with Gasteiger partial charge >= 0.3 is 0 Å². The van der Waals surface area contributed by atoms with Crippen molar-refractivity contribution < 1.29 is 0 Å². The highest BCUT2D eigenvalue weighted by molar-refractivity contribution is 5.20. The average Bonchev–Trinajstić information content (AvgIpc) is 2.30. The number of hydrogen-bond donors (Lipinski definition) is 2. The van der Waals surface area contributed by atoms with Crippen molar-refractivity contribution in [2.75, 3.05) is 6.54 Å². The van der Waals surface area contributed by atoms with Crippen LogP contribution in [0.1, 0.15) is 24.9 Å². The first-order valence-corrected chi connectivity index (χ1v) is 5.44. The predicted molar refractivity (Wildman–Crippen MR) is 65.6 cm³/mol. The predicted octanol–water partition coefficient (Wildman–Crippen LogP) is 2.24. The summed E-state index contributed by atoms with van der Waals surface area (Å²) >= 11 is 0. The molecule has 0 aliphatic heterocycles. The molecule has 2 heteroatoms. The lowest BCUT2D eigenvalue weighted by molar-refractivity contribution is 0.451. The summed E-state index contributed by atoms with van der Waals surface area (Å²) in [4.78, 5) is 0. The lowest BCUT2D eigenvalue weighted by Crippen LogP contribution is -2.37. The molecular formula is C13H20N2. The highest BCUT2D eigenvalue weighted by Crippen LogP contribution is 2.16. The summed E-state index contributed by atoms with van der Waals surface area (Å²) in [6.07, 6.45) is 2.82. The third kappa shape index (κ3) is 3.50. The third-order valence-corrected chi connectivity index (χ3v) is 2.54. The molecule has 1 aromatic rings. The van der Waals surface area contributed by atoms with E-state index in [1.165, 1.54) is 5.56 Å². The number of hydrogen-bond acceptors (Lipinski definition) is 2. The molecule has 0 aromatic heterocycles. The highest BCUT2D eigenvalue weighted by Gasteiger charge is 2.16. The Morgan fingerprint density at radius 2 is 2.07 bits per heavy atom. The topological polar surface area (TPSA) is 38.0 Å². The molecule has 0 fully saturated rings. The van der Waals surface area contributed by atoms with Crippen molar-refractivity contribution in [1.82, 2.24) is 5.32 Å². The van der Waals surface area contributed by atoms with Crippen LogP contribution in [-0.2, 0) is 0 Å². The minimum Gasteiger partial charge on any atom is -0.326 e. The van der Waals surface area contributed by atoms with Crippen molar-refractivity contribution >= 4 is 0 Å². The monoisotopic (exact) mass is 204 g/mol. The van der Waals surface area contributed by atoms with Crippen LogP contribution in [0.2, 0.25) is 0 Å². The van der Waals surface area contributed by atoms with Gasteiger partial charge in [0.2, 0.25) is 0 Å². The van der Waals surface area contributed by atoms with Crippen molar-refractivity contribution in [3.05, 3.63) is 48.6 Å². The summed E-state index contributed by atoms with van der Waals surface area (Å²) in [6.45, 7) is 6.60. The molecule has 0 aliphatic rings. The fourth-order valence-corrected chi connectivity index (χ4v) is 1.62. The zero-order chi connectivity index (χ0) is 11.1. The molecule has 3 N–H and O–H groups in total.